The number of benzene rings is 2. The van der Waals surface area contributed by atoms with Gasteiger partial charge in [0.15, 0.2) is 5.78 Å². The number of aliphatic hydroxyl groups excluding tert-OH is 1. The standard InChI is InChI=1S/C19H18NO.C11H20O2.Ir/c1-12-5-6-17-15(8-12)11-18(21-4)19(20-17)16-9-13(2)7-14(3)10-16;1-10(2,3)8(12)7-9(13)11(4,5)6;/h5-9,11H,1-4H3;7,12H,1-6H3;/q-1;;/b;8-7-;. The number of ketones is 1. The van der Waals surface area contributed by atoms with Gasteiger partial charge in [-0.3, -0.25) is 9.78 Å². The minimum atomic E-state index is -0.417. The molecule has 0 saturated carbocycles. The molecule has 3 aromatic rings. The van der Waals surface area contributed by atoms with Crippen molar-refractivity contribution in [2.24, 2.45) is 10.8 Å². The predicted molar refractivity (Wildman–Crippen MR) is 141 cm³/mol. The maximum absolute atomic E-state index is 11.5. The van der Waals surface area contributed by atoms with E-state index < -0.39 is 5.41 Å². The monoisotopic (exact) mass is 653 g/mol. The summed E-state index contributed by atoms with van der Waals surface area (Å²) in [6, 6.07) is 15.9. The van der Waals surface area contributed by atoms with Crippen molar-refractivity contribution in [2.45, 2.75) is 62.3 Å². The molecule has 0 unspecified atom stereocenters. The first kappa shape index (κ1) is 30.5. The number of methoxy groups -OCH3 is 1. The average molecular weight is 653 g/mol. The van der Waals surface area contributed by atoms with Crippen LogP contribution in [0, 0.1) is 37.7 Å². The van der Waals surface area contributed by atoms with Crippen LogP contribution in [0.15, 0.2) is 48.2 Å². The van der Waals surface area contributed by atoms with Crippen LogP contribution in [0.3, 0.4) is 0 Å². The zero-order valence-corrected chi connectivity index (χ0v) is 25.0. The number of rotatable bonds is 3. The van der Waals surface area contributed by atoms with Crippen LogP contribution in [-0.4, -0.2) is 23.0 Å². The third-order valence-electron chi connectivity index (χ3n) is 5.33. The molecule has 0 aliphatic carbocycles. The predicted octanol–water partition coefficient (Wildman–Crippen LogP) is 7.72. The summed E-state index contributed by atoms with van der Waals surface area (Å²) in [6.07, 6.45) is 1.33. The van der Waals surface area contributed by atoms with Crippen molar-refractivity contribution in [1.82, 2.24) is 4.98 Å². The molecule has 0 atom stereocenters. The Kier molecular flexibility index (Phi) is 10.4. The van der Waals surface area contributed by atoms with Crippen LogP contribution in [0.4, 0.5) is 0 Å². The number of carbonyl (C=O) groups excluding carboxylic acids is 1. The van der Waals surface area contributed by atoms with Crippen LogP contribution in [0.25, 0.3) is 22.2 Å². The fraction of sp³-hybridized carbons (Fsp3) is 0.400. The fourth-order valence-electron chi connectivity index (χ4n) is 3.21. The fourth-order valence-corrected chi connectivity index (χ4v) is 3.21. The third-order valence-corrected chi connectivity index (χ3v) is 5.33. The minimum absolute atomic E-state index is 0. The van der Waals surface area contributed by atoms with Gasteiger partial charge in [-0.1, -0.05) is 67.0 Å². The van der Waals surface area contributed by atoms with Gasteiger partial charge in [-0.15, -0.1) is 34.9 Å². The quantitative estimate of drug-likeness (QED) is 0.179. The summed E-state index contributed by atoms with van der Waals surface area (Å²) in [6.45, 7) is 17.3. The van der Waals surface area contributed by atoms with E-state index in [9.17, 15) is 9.90 Å². The Morgan fingerprint density at radius 1 is 0.943 bits per heavy atom. The molecule has 1 N–H and O–H groups in total. The Morgan fingerprint density at radius 3 is 2.09 bits per heavy atom. The molecular formula is C30H38IrNO3-. The SMILES string of the molecule is CC(C)(C)C(=O)/C=C(\O)C(C)(C)C.COc1cc2cc(C)ccc2nc1-c1[c-]c(C)cc(C)c1.[Ir]. The molecule has 4 nitrogen and oxygen atoms in total. The molecule has 0 bridgehead atoms. The first-order chi connectivity index (χ1) is 15.6. The molecule has 35 heavy (non-hydrogen) atoms. The minimum Gasteiger partial charge on any atom is -0.512 e. The maximum atomic E-state index is 11.5. The molecule has 0 aliphatic rings. The Morgan fingerprint density at radius 2 is 1.57 bits per heavy atom. The molecule has 0 spiro atoms. The zero-order valence-electron chi connectivity index (χ0n) is 22.6. The summed E-state index contributed by atoms with van der Waals surface area (Å²) in [5.74, 6) is 0.890. The normalized spacial score (nSPS) is 11.9. The molecule has 191 valence electrons. The van der Waals surface area contributed by atoms with E-state index >= 15 is 0 Å². The van der Waals surface area contributed by atoms with Gasteiger partial charge in [-0.25, -0.2) is 0 Å². The maximum Gasteiger partial charge on any atom is 0.164 e. The van der Waals surface area contributed by atoms with Crippen molar-refractivity contribution in [3.8, 4) is 17.0 Å². The van der Waals surface area contributed by atoms with Gasteiger partial charge in [-0.05, 0) is 25.1 Å². The van der Waals surface area contributed by atoms with Crippen LogP contribution < -0.4 is 4.74 Å². The van der Waals surface area contributed by atoms with E-state index in [0.29, 0.717) is 0 Å². The Hall–Kier alpha value is -2.49. The summed E-state index contributed by atoms with van der Waals surface area (Å²) in [4.78, 5) is 16.3. The van der Waals surface area contributed by atoms with Crippen molar-refractivity contribution in [3.63, 3.8) is 0 Å². The molecule has 5 heteroatoms. The zero-order chi connectivity index (χ0) is 25.8. The second kappa shape index (κ2) is 12.0. The van der Waals surface area contributed by atoms with E-state index in [1.807, 2.05) is 48.5 Å². The molecule has 0 fully saturated rings. The van der Waals surface area contributed by atoms with E-state index in [1.54, 1.807) is 7.11 Å². The second-order valence-corrected chi connectivity index (χ2v) is 10.9. The van der Waals surface area contributed by atoms with Crippen molar-refractivity contribution in [1.29, 1.82) is 0 Å². The topological polar surface area (TPSA) is 59.4 Å². The van der Waals surface area contributed by atoms with E-state index in [0.717, 1.165) is 33.5 Å². The van der Waals surface area contributed by atoms with Crippen LogP contribution in [0.2, 0.25) is 0 Å². The molecule has 2 aromatic carbocycles. The second-order valence-electron chi connectivity index (χ2n) is 10.9. The largest absolute Gasteiger partial charge is 0.512 e. The van der Waals surface area contributed by atoms with Gasteiger partial charge in [0, 0.05) is 48.1 Å². The summed E-state index contributed by atoms with van der Waals surface area (Å²) in [5, 5.41) is 10.7. The number of nitrogens with zero attached hydrogens (tertiary/aromatic N) is 1. The van der Waals surface area contributed by atoms with Crippen LogP contribution in [-0.2, 0) is 24.9 Å². The van der Waals surface area contributed by atoms with Gasteiger partial charge < -0.3 is 9.84 Å². The molecular weight excluding hydrogens is 615 g/mol. The number of fused-ring (bicyclic) bond motifs is 1. The number of pyridine rings is 1. The first-order valence-electron chi connectivity index (χ1n) is 11.5. The molecule has 0 saturated heterocycles. The van der Waals surface area contributed by atoms with E-state index in [-0.39, 0.29) is 37.1 Å². The number of allylic oxidation sites excluding steroid dienone is 2. The van der Waals surface area contributed by atoms with Crippen LogP contribution in [0.5, 0.6) is 5.75 Å². The molecule has 0 aliphatic heterocycles. The number of hydrogen-bond donors (Lipinski definition) is 1. The van der Waals surface area contributed by atoms with Crippen molar-refractivity contribution in [3.05, 3.63) is 71.0 Å². The first-order valence-corrected chi connectivity index (χ1v) is 11.5. The van der Waals surface area contributed by atoms with E-state index in [2.05, 4.69) is 56.3 Å². The van der Waals surface area contributed by atoms with Gasteiger partial charge in [-0.2, -0.15) is 0 Å². The summed E-state index contributed by atoms with van der Waals surface area (Å²) < 4.78 is 5.54. The van der Waals surface area contributed by atoms with E-state index in [4.69, 9.17) is 9.72 Å². The third kappa shape index (κ3) is 8.59. The summed E-state index contributed by atoms with van der Waals surface area (Å²) in [5.41, 5.74) is 5.57. The average Bonchev–Trinajstić information content (AvgIpc) is 2.71. The number of aromatic nitrogens is 1. The van der Waals surface area contributed by atoms with Gasteiger partial charge in [0.2, 0.25) is 0 Å². The van der Waals surface area contributed by atoms with Gasteiger partial charge >= 0.3 is 0 Å². The summed E-state index contributed by atoms with van der Waals surface area (Å²) in [7, 11) is 1.69. The van der Waals surface area contributed by atoms with Crippen molar-refractivity contribution < 1.29 is 34.7 Å². The number of aliphatic hydroxyl groups is 1. The van der Waals surface area contributed by atoms with Crippen LogP contribution in [0.1, 0.15) is 58.2 Å². The molecule has 1 heterocycles. The molecule has 0 amide bonds. The number of hydrogen-bond acceptors (Lipinski definition) is 4. The molecule has 3 rings (SSSR count). The van der Waals surface area contributed by atoms with Crippen LogP contribution >= 0.6 is 0 Å². The Balaban J connectivity index is 0.000000383. The number of ether oxygens (including phenoxy) is 1. The van der Waals surface area contributed by atoms with Crippen molar-refractivity contribution in [2.75, 3.05) is 7.11 Å². The molecule has 1 aromatic heterocycles. The Labute approximate surface area is 224 Å². The van der Waals surface area contributed by atoms with Crippen molar-refractivity contribution >= 4 is 16.7 Å². The molecule has 1 radical (unpaired) electrons. The number of carbonyl (C=O) groups is 1. The number of aryl methyl sites for hydroxylation is 3. The smallest absolute Gasteiger partial charge is 0.164 e. The van der Waals surface area contributed by atoms with E-state index in [1.165, 1.54) is 17.2 Å². The van der Waals surface area contributed by atoms with Gasteiger partial charge in [0.25, 0.3) is 0 Å². The van der Waals surface area contributed by atoms with Gasteiger partial charge in [0.1, 0.15) is 11.5 Å². The summed E-state index contributed by atoms with van der Waals surface area (Å²) >= 11 is 0. The Bertz CT molecular complexity index is 1190. The van der Waals surface area contributed by atoms with Gasteiger partial charge in [0.05, 0.1) is 12.6 Å².